The van der Waals surface area contributed by atoms with Crippen molar-refractivity contribution in [2.24, 2.45) is 0 Å². The molecule has 0 bridgehead atoms. The Labute approximate surface area is 118 Å². The fraction of sp³-hybridized carbons (Fsp3) is 0.176. The summed E-state index contributed by atoms with van der Waals surface area (Å²) in [7, 11) is 3.59. The van der Waals surface area contributed by atoms with Gasteiger partial charge in [-0.15, -0.1) is 0 Å². The second kappa shape index (κ2) is 6.03. The highest BCUT2D eigenvalue weighted by Gasteiger charge is 2.12. The Bertz CT molecular complexity index is 703. The molecule has 0 unspecified atom stereocenters. The van der Waals surface area contributed by atoms with Gasteiger partial charge < -0.3 is 4.90 Å². The van der Waals surface area contributed by atoms with Gasteiger partial charge in [0.25, 0.3) is 0 Å². The summed E-state index contributed by atoms with van der Waals surface area (Å²) < 4.78 is 0. The molecule has 0 saturated heterocycles. The Morgan fingerprint density at radius 1 is 1.20 bits per heavy atom. The van der Waals surface area contributed by atoms with Crippen molar-refractivity contribution in [1.82, 2.24) is 4.90 Å². The van der Waals surface area contributed by atoms with E-state index in [-0.39, 0.29) is 17.8 Å². The van der Waals surface area contributed by atoms with Crippen molar-refractivity contribution < 1.29 is 4.79 Å². The van der Waals surface area contributed by atoms with Gasteiger partial charge in [-0.25, -0.2) is 0 Å². The molecule has 0 N–H and O–H groups in total. The number of nitrogens with zero attached hydrogens (tertiary/aromatic N) is 2. The number of hydrogen-bond donors (Lipinski definition) is 0. The van der Waals surface area contributed by atoms with E-state index in [1.165, 1.54) is 0 Å². The van der Waals surface area contributed by atoms with Crippen molar-refractivity contribution in [2.75, 3.05) is 14.1 Å². The summed E-state index contributed by atoms with van der Waals surface area (Å²) in [5.74, 6) is -0.155. The van der Waals surface area contributed by atoms with Gasteiger partial charge in [0.2, 0.25) is 0 Å². The first kappa shape index (κ1) is 13.8. The van der Waals surface area contributed by atoms with Crippen LogP contribution in [0.1, 0.15) is 5.56 Å². The molecule has 2 aromatic rings. The maximum absolute atomic E-state index is 12.2. The number of nitriles is 1. The molecule has 100 valence electrons. The smallest absolute Gasteiger partial charge is 0.179 e. The molecule has 2 aromatic carbocycles. The molecular weight excluding hydrogens is 248 g/mol. The van der Waals surface area contributed by atoms with Crippen molar-refractivity contribution in [3.8, 4) is 6.07 Å². The molecule has 0 heterocycles. The molecule has 0 spiro atoms. The lowest BCUT2D eigenvalue weighted by Crippen LogP contribution is -2.10. The Balaban J connectivity index is 2.33. The van der Waals surface area contributed by atoms with E-state index in [1.54, 1.807) is 25.2 Å². The summed E-state index contributed by atoms with van der Waals surface area (Å²) in [5, 5.41) is 11.2. The fourth-order valence-electron chi connectivity index (χ4n) is 2.14. The van der Waals surface area contributed by atoms with E-state index in [0.29, 0.717) is 0 Å². The van der Waals surface area contributed by atoms with Crippen LogP contribution < -0.4 is 0 Å². The van der Waals surface area contributed by atoms with Gasteiger partial charge in [0.1, 0.15) is 11.6 Å². The van der Waals surface area contributed by atoms with Crippen molar-refractivity contribution in [1.29, 1.82) is 5.26 Å². The van der Waals surface area contributed by atoms with Crippen LogP contribution in [0.4, 0.5) is 0 Å². The molecule has 0 fully saturated rings. The number of Topliss-reactive ketones (excluding diaryl/α,β-unsaturated/α-hetero) is 1. The first-order valence-electron chi connectivity index (χ1n) is 6.40. The average Bonchev–Trinajstić information content (AvgIpc) is 2.45. The lowest BCUT2D eigenvalue weighted by molar-refractivity contribution is -0.114. The zero-order chi connectivity index (χ0) is 14.5. The molecule has 0 aliphatic carbocycles. The van der Waals surface area contributed by atoms with Crippen molar-refractivity contribution in [2.45, 2.75) is 6.42 Å². The first-order chi connectivity index (χ1) is 9.61. The van der Waals surface area contributed by atoms with Crippen LogP contribution >= 0.6 is 0 Å². The SMILES string of the molecule is CN(C)/C=C(\C#N)C(=O)Cc1cccc2ccccc12. The monoisotopic (exact) mass is 264 g/mol. The van der Waals surface area contributed by atoms with Crippen LogP contribution in [-0.4, -0.2) is 24.8 Å². The third-order valence-electron chi connectivity index (χ3n) is 3.04. The number of hydrogen-bond acceptors (Lipinski definition) is 3. The highest BCUT2D eigenvalue weighted by atomic mass is 16.1. The maximum atomic E-state index is 12.2. The van der Waals surface area contributed by atoms with Gasteiger partial charge in [-0.1, -0.05) is 42.5 Å². The predicted molar refractivity (Wildman–Crippen MR) is 80.0 cm³/mol. The van der Waals surface area contributed by atoms with Crippen LogP contribution in [0.15, 0.2) is 54.2 Å². The maximum Gasteiger partial charge on any atom is 0.179 e. The van der Waals surface area contributed by atoms with Gasteiger partial charge in [-0.3, -0.25) is 4.79 Å². The van der Waals surface area contributed by atoms with Crippen LogP contribution in [0.5, 0.6) is 0 Å². The van der Waals surface area contributed by atoms with Gasteiger partial charge >= 0.3 is 0 Å². The number of carbonyl (C=O) groups excluding carboxylic acids is 1. The molecular formula is C17H16N2O. The highest BCUT2D eigenvalue weighted by molar-refractivity contribution is 6.02. The summed E-state index contributed by atoms with van der Waals surface area (Å²) in [6, 6.07) is 15.8. The topological polar surface area (TPSA) is 44.1 Å². The summed E-state index contributed by atoms with van der Waals surface area (Å²) in [6.45, 7) is 0. The number of benzene rings is 2. The highest BCUT2D eigenvalue weighted by Crippen LogP contribution is 2.19. The molecule has 0 aromatic heterocycles. The van der Waals surface area contributed by atoms with Gasteiger partial charge in [-0.05, 0) is 16.3 Å². The standard InChI is InChI=1S/C17H16N2O/c1-19(2)12-15(11-18)17(20)10-14-8-5-7-13-6-3-4-9-16(13)14/h3-9,12H,10H2,1-2H3/b15-12+. The quantitative estimate of drug-likeness (QED) is 0.630. The van der Waals surface area contributed by atoms with E-state index >= 15 is 0 Å². The molecule has 0 amide bonds. The molecule has 0 aliphatic heterocycles. The molecule has 0 saturated carbocycles. The Kier molecular flexibility index (Phi) is 4.17. The van der Waals surface area contributed by atoms with Crippen molar-refractivity contribution in [3.05, 3.63) is 59.8 Å². The number of rotatable bonds is 4. The van der Waals surface area contributed by atoms with Crippen molar-refractivity contribution >= 4 is 16.6 Å². The van der Waals surface area contributed by atoms with Crippen molar-refractivity contribution in [3.63, 3.8) is 0 Å². The summed E-state index contributed by atoms with van der Waals surface area (Å²) in [5.41, 5.74) is 1.14. The molecule has 3 heteroatoms. The van der Waals surface area contributed by atoms with E-state index in [1.807, 2.05) is 48.5 Å². The minimum Gasteiger partial charge on any atom is -0.382 e. The number of ketones is 1. The van der Waals surface area contributed by atoms with E-state index in [4.69, 9.17) is 5.26 Å². The van der Waals surface area contributed by atoms with Crippen LogP contribution in [0.2, 0.25) is 0 Å². The summed E-state index contributed by atoms with van der Waals surface area (Å²) in [4.78, 5) is 13.9. The zero-order valence-corrected chi connectivity index (χ0v) is 11.6. The average molecular weight is 264 g/mol. The summed E-state index contributed by atoms with van der Waals surface area (Å²) >= 11 is 0. The zero-order valence-electron chi connectivity index (χ0n) is 11.6. The molecule has 3 nitrogen and oxygen atoms in total. The Morgan fingerprint density at radius 3 is 2.60 bits per heavy atom. The number of fused-ring (bicyclic) bond motifs is 1. The molecule has 0 atom stereocenters. The lowest BCUT2D eigenvalue weighted by Gasteiger charge is -2.08. The summed E-state index contributed by atoms with van der Waals surface area (Å²) in [6.07, 6.45) is 1.81. The number of carbonyl (C=O) groups is 1. The Hall–Kier alpha value is -2.60. The normalized spacial score (nSPS) is 11.2. The Morgan fingerprint density at radius 2 is 1.90 bits per heavy atom. The fourth-order valence-corrected chi connectivity index (χ4v) is 2.14. The third-order valence-corrected chi connectivity index (χ3v) is 3.04. The van der Waals surface area contributed by atoms with Gasteiger partial charge in [0.05, 0.1) is 0 Å². The number of allylic oxidation sites excluding steroid dienone is 1. The van der Waals surface area contributed by atoms with Gasteiger partial charge in [-0.2, -0.15) is 5.26 Å². The molecule has 0 radical (unpaired) electrons. The largest absolute Gasteiger partial charge is 0.382 e. The third kappa shape index (κ3) is 3.04. The lowest BCUT2D eigenvalue weighted by atomic mass is 9.98. The second-order valence-electron chi connectivity index (χ2n) is 4.86. The minimum atomic E-state index is -0.155. The van der Waals surface area contributed by atoms with E-state index in [9.17, 15) is 4.79 Å². The van der Waals surface area contributed by atoms with E-state index < -0.39 is 0 Å². The van der Waals surface area contributed by atoms with E-state index in [0.717, 1.165) is 16.3 Å². The minimum absolute atomic E-state index is 0.155. The van der Waals surface area contributed by atoms with Crippen LogP contribution in [-0.2, 0) is 11.2 Å². The van der Waals surface area contributed by atoms with E-state index in [2.05, 4.69) is 0 Å². The van der Waals surface area contributed by atoms with Gasteiger partial charge in [0.15, 0.2) is 5.78 Å². The molecule has 20 heavy (non-hydrogen) atoms. The van der Waals surface area contributed by atoms with Gasteiger partial charge in [0, 0.05) is 26.7 Å². The predicted octanol–water partition coefficient (Wildman–Crippen LogP) is 2.92. The second-order valence-corrected chi connectivity index (χ2v) is 4.86. The first-order valence-corrected chi connectivity index (χ1v) is 6.40. The van der Waals surface area contributed by atoms with Crippen LogP contribution in [0, 0.1) is 11.3 Å². The molecule has 0 aliphatic rings. The van der Waals surface area contributed by atoms with Crippen LogP contribution in [0.25, 0.3) is 10.8 Å². The molecule has 2 rings (SSSR count). The van der Waals surface area contributed by atoms with Crippen LogP contribution in [0.3, 0.4) is 0 Å².